The maximum atomic E-state index is 11.4. The van der Waals surface area contributed by atoms with E-state index in [9.17, 15) is 8.42 Å². The van der Waals surface area contributed by atoms with Gasteiger partial charge in [0.25, 0.3) is 0 Å². The van der Waals surface area contributed by atoms with E-state index in [2.05, 4.69) is 19.6 Å². The van der Waals surface area contributed by atoms with Crippen LogP contribution in [0.1, 0.15) is 5.82 Å². The molecule has 2 aliphatic rings. The van der Waals surface area contributed by atoms with Crippen molar-refractivity contribution in [3.05, 3.63) is 5.82 Å². The number of aryl methyl sites for hydroxylation is 1. The number of hydrogen-bond acceptors (Lipinski definition) is 7. The van der Waals surface area contributed by atoms with Crippen molar-refractivity contribution in [1.29, 1.82) is 0 Å². The largest absolute Gasteiger partial charge is 0.484 e. The van der Waals surface area contributed by atoms with Gasteiger partial charge >= 0.3 is 0 Å². The minimum atomic E-state index is -3.42. The van der Waals surface area contributed by atoms with Crippen molar-refractivity contribution in [2.45, 2.75) is 13.0 Å². The Hall–Kier alpha value is -1.61. The van der Waals surface area contributed by atoms with E-state index < -0.39 is 10.0 Å². The number of rotatable bonds is 2. The van der Waals surface area contributed by atoms with Crippen LogP contribution in [0.5, 0.6) is 5.75 Å². The van der Waals surface area contributed by atoms with Crippen molar-refractivity contribution < 1.29 is 17.9 Å². The van der Waals surface area contributed by atoms with Crippen LogP contribution in [-0.2, 0) is 14.8 Å². The molecule has 1 aromatic rings. The van der Waals surface area contributed by atoms with Crippen molar-refractivity contribution >= 4 is 21.7 Å². The van der Waals surface area contributed by atoms with E-state index in [0.29, 0.717) is 43.8 Å². The van der Waals surface area contributed by atoms with Gasteiger partial charge in [0.1, 0.15) is 12.4 Å². The van der Waals surface area contributed by atoms with Gasteiger partial charge in [-0.1, -0.05) is 0 Å². The highest BCUT2D eigenvalue weighted by Gasteiger charge is 2.34. The summed E-state index contributed by atoms with van der Waals surface area (Å²) in [6.45, 7) is 4.05. The van der Waals surface area contributed by atoms with Crippen LogP contribution < -0.4 is 14.4 Å². The summed E-state index contributed by atoms with van der Waals surface area (Å²) >= 11 is 0. The molecule has 9 heteroatoms. The number of morpholine rings is 1. The Morgan fingerprint density at radius 3 is 2.90 bits per heavy atom. The van der Waals surface area contributed by atoms with Crippen LogP contribution in [0.3, 0.4) is 0 Å². The molecule has 1 saturated heterocycles. The molecule has 2 aliphatic heterocycles. The first-order chi connectivity index (χ1) is 9.44. The van der Waals surface area contributed by atoms with E-state index in [4.69, 9.17) is 9.47 Å². The Morgan fingerprint density at radius 1 is 1.35 bits per heavy atom. The molecule has 1 atom stereocenters. The van der Waals surface area contributed by atoms with Gasteiger partial charge in [0.05, 0.1) is 25.5 Å². The lowest BCUT2D eigenvalue weighted by Gasteiger charge is -2.40. The Morgan fingerprint density at radius 2 is 2.15 bits per heavy atom. The van der Waals surface area contributed by atoms with Crippen LogP contribution >= 0.6 is 0 Å². The molecule has 1 N–H and O–H groups in total. The summed E-state index contributed by atoms with van der Waals surface area (Å²) in [4.78, 5) is 10.6. The second kappa shape index (κ2) is 4.74. The van der Waals surface area contributed by atoms with Crippen LogP contribution in [0.4, 0.5) is 11.6 Å². The Labute approximate surface area is 117 Å². The average molecular weight is 300 g/mol. The van der Waals surface area contributed by atoms with Gasteiger partial charge < -0.3 is 14.4 Å². The highest BCUT2D eigenvalue weighted by atomic mass is 32.2. The van der Waals surface area contributed by atoms with Crippen LogP contribution in [-0.4, -0.2) is 57.0 Å². The van der Waals surface area contributed by atoms with Gasteiger partial charge in [-0.3, -0.25) is 4.72 Å². The smallest absolute Gasteiger partial charge is 0.231 e. The van der Waals surface area contributed by atoms with Crippen LogP contribution in [0, 0.1) is 6.92 Å². The molecular formula is C11H16N4O4S. The third-order valence-corrected chi connectivity index (χ3v) is 3.73. The number of anilines is 2. The van der Waals surface area contributed by atoms with E-state index in [1.54, 1.807) is 6.92 Å². The molecule has 0 bridgehead atoms. The number of ether oxygens (including phenoxy) is 2. The van der Waals surface area contributed by atoms with E-state index >= 15 is 0 Å². The summed E-state index contributed by atoms with van der Waals surface area (Å²) in [5, 5.41) is 0. The quantitative estimate of drug-likeness (QED) is 0.805. The molecule has 0 spiro atoms. The lowest BCUT2D eigenvalue weighted by Crippen LogP contribution is -2.51. The second-order valence-electron chi connectivity index (χ2n) is 4.88. The zero-order valence-electron chi connectivity index (χ0n) is 11.3. The van der Waals surface area contributed by atoms with Crippen molar-refractivity contribution in [3.63, 3.8) is 0 Å². The molecule has 3 rings (SSSR count). The van der Waals surface area contributed by atoms with E-state index in [0.717, 1.165) is 6.26 Å². The number of hydrogen-bond donors (Lipinski definition) is 1. The molecule has 0 saturated carbocycles. The van der Waals surface area contributed by atoms with Gasteiger partial charge in [0.2, 0.25) is 15.8 Å². The second-order valence-corrected chi connectivity index (χ2v) is 6.63. The highest BCUT2D eigenvalue weighted by molar-refractivity contribution is 7.92. The predicted octanol–water partition coefficient (Wildman–Crippen LogP) is -0.246. The summed E-state index contributed by atoms with van der Waals surface area (Å²) < 4.78 is 36.3. The fraction of sp³-hybridized carbons (Fsp3) is 0.636. The standard InChI is InChI=1S/C11H16N4O4S/c1-7-12-10(14-20(2,16)17)9-11(13-7)15-3-4-18-5-8(15)6-19-9/h8H,3-6H2,1-2H3,(H,12,13,14). The topological polar surface area (TPSA) is 93.7 Å². The van der Waals surface area contributed by atoms with Crippen molar-refractivity contribution in [3.8, 4) is 5.75 Å². The zero-order valence-corrected chi connectivity index (χ0v) is 12.1. The zero-order chi connectivity index (χ0) is 14.3. The number of fused-ring (bicyclic) bond motifs is 3. The van der Waals surface area contributed by atoms with Gasteiger partial charge in [-0.2, -0.15) is 0 Å². The molecule has 0 amide bonds. The van der Waals surface area contributed by atoms with Crippen LogP contribution in [0.25, 0.3) is 0 Å². The molecule has 0 radical (unpaired) electrons. The summed E-state index contributed by atoms with van der Waals surface area (Å²) in [5.41, 5.74) is 0. The first-order valence-corrected chi connectivity index (χ1v) is 8.17. The maximum absolute atomic E-state index is 11.4. The summed E-state index contributed by atoms with van der Waals surface area (Å²) in [6, 6.07) is 0.108. The molecule has 1 aromatic heterocycles. The first kappa shape index (κ1) is 13.4. The number of sulfonamides is 1. The molecule has 110 valence electrons. The molecular weight excluding hydrogens is 284 g/mol. The van der Waals surface area contributed by atoms with Crippen molar-refractivity contribution in [2.75, 3.05) is 42.2 Å². The Kier molecular flexibility index (Phi) is 3.17. The SMILES string of the molecule is Cc1nc(NS(C)(=O)=O)c2c(n1)N1CCOCC1CO2. The van der Waals surface area contributed by atoms with Gasteiger partial charge in [0.15, 0.2) is 11.6 Å². The molecule has 3 heterocycles. The third kappa shape index (κ3) is 2.50. The maximum Gasteiger partial charge on any atom is 0.231 e. The monoisotopic (exact) mass is 300 g/mol. The van der Waals surface area contributed by atoms with Crippen molar-refractivity contribution in [2.24, 2.45) is 0 Å². The van der Waals surface area contributed by atoms with E-state index in [1.807, 2.05) is 0 Å². The molecule has 1 unspecified atom stereocenters. The fourth-order valence-electron chi connectivity index (χ4n) is 2.37. The number of aromatic nitrogens is 2. The normalized spacial score (nSPS) is 21.7. The fourth-order valence-corrected chi connectivity index (χ4v) is 2.86. The minimum absolute atomic E-state index is 0.108. The molecule has 0 aliphatic carbocycles. The summed E-state index contributed by atoms with van der Waals surface area (Å²) in [5.74, 6) is 1.70. The number of nitrogens with one attached hydrogen (secondary N) is 1. The van der Waals surface area contributed by atoms with E-state index in [-0.39, 0.29) is 11.9 Å². The Balaban J connectivity index is 2.05. The lowest BCUT2D eigenvalue weighted by molar-refractivity contribution is 0.0697. The third-order valence-electron chi connectivity index (χ3n) is 3.16. The number of nitrogens with zero attached hydrogens (tertiary/aromatic N) is 3. The minimum Gasteiger partial charge on any atom is -0.484 e. The van der Waals surface area contributed by atoms with Gasteiger partial charge in [-0.05, 0) is 6.92 Å². The van der Waals surface area contributed by atoms with Crippen LogP contribution in [0.2, 0.25) is 0 Å². The van der Waals surface area contributed by atoms with E-state index in [1.165, 1.54) is 0 Å². The van der Waals surface area contributed by atoms with Gasteiger partial charge in [0, 0.05) is 6.54 Å². The average Bonchev–Trinajstić information content (AvgIpc) is 2.36. The molecule has 1 fully saturated rings. The van der Waals surface area contributed by atoms with Crippen molar-refractivity contribution in [1.82, 2.24) is 9.97 Å². The molecule has 20 heavy (non-hydrogen) atoms. The van der Waals surface area contributed by atoms with Gasteiger partial charge in [-0.15, -0.1) is 0 Å². The first-order valence-electron chi connectivity index (χ1n) is 6.27. The molecule has 0 aromatic carbocycles. The lowest BCUT2D eigenvalue weighted by atomic mass is 10.2. The predicted molar refractivity (Wildman–Crippen MR) is 72.7 cm³/mol. The van der Waals surface area contributed by atoms with Gasteiger partial charge in [-0.25, -0.2) is 18.4 Å². The molecule has 8 nitrogen and oxygen atoms in total. The Bertz CT molecular complexity index is 634. The highest BCUT2D eigenvalue weighted by Crippen LogP contribution is 2.38. The summed E-state index contributed by atoms with van der Waals surface area (Å²) in [7, 11) is -3.42. The summed E-state index contributed by atoms with van der Waals surface area (Å²) in [6.07, 6.45) is 1.08. The van der Waals surface area contributed by atoms with Crippen LogP contribution in [0.15, 0.2) is 0 Å².